The molecule has 0 aromatic rings. The Labute approximate surface area is 92.5 Å². The van der Waals surface area contributed by atoms with Gasteiger partial charge in [-0.25, -0.2) is 0 Å². The number of nitrogens with one attached hydrogen (secondary N) is 1. The molecule has 3 heteroatoms. The molecular formula is C12H22N2O. The summed E-state index contributed by atoms with van der Waals surface area (Å²) in [4.78, 5) is 0. The lowest BCUT2D eigenvalue weighted by molar-refractivity contribution is -0.0132. The second-order valence-electron chi connectivity index (χ2n) is 5.07. The molecule has 1 fully saturated rings. The van der Waals surface area contributed by atoms with Crippen molar-refractivity contribution in [1.29, 1.82) is 5.26 Å². The third kappa shape index (κ3) is 4.19. The Balaban J connectivity index is 2.33. The molecule has 15 heavy (non-hydrogen) atoms. The lowest BCUT2D eigenvalue weighted by atomic mass is 9.79. The van der Waals surface area contributed by atoms with E-state index < -0.39 is 5.60 Å². The summed E-state index contributed by atoms with van der Waals surface area (Å²) in [6.07, 6.45) is 4.64. The zero-order chi connectivity index (χ0) is 11.3. The minimum absolute atomic E-state index is 0.177. The highest BCUT2D eigenvalue weighted by Gasteiger charge is 2.32. The van der Waals surface area contributed by atoms with Crippen molar-refractivity contribution < 1.29 is 5.11 Å². The minimum atomic E-state index is -0.540. The van der Waals surface area contributed by atoms with Gasteiger partial charge in [0.2, 0.25) is 0 Å². The van der Waals surface area contributed by atoms with Gasteiger partial charge in [-0.15, -0.1) is 0 Å². The fourth-order valence-corrected chi connectivity index (χ4v) is 2.37. The normalized spacial score (nSPS) is 33.3. The van der Waals surface area contributed by atoms with Gasteiger partial charge in [0, 0.05) is 12.6 Å². The van der Waals surface area contributed by atoms with Crippen molar-refractivity contribution in [2.75, 3.05) is 6.54 Å². The maximum Gasteiger partial charge on any atom is 0.0774 e. The van der Waals surface area contributed by atoms with Crippen LogP contribution in [-0.2, 0) is 0 Å². The molecule has 1 aliphatic carbocycles. The van der Waals surface area contributed by atoms with E-state index in [0.29, 0.717) is 18.9 Å². The SMILES string of the molecule is CC1CCCC(O)(CNC(C)CC#N)C1. The lowest BCUT2D eigenvalue weighted by Crippen LogP contribution is -2.46. The van der Waals surface area contributed by atoms with Crippen LogP contribution in [-0.4, -0.2) is 23.3 Å². The molecule has 0 aromatic heterocycles. The number of nitrogens with zero attached hydrogens (tertiary/aromatic N) is 1. The molecule has 0 saturated heterocycles. The molecule has 3 atom stereocenters. The highest BCUT2D eigenvalue weighted by Crippen LogP contribution is 2.31. The van der Waals surface area contributed by atoms with Crippen LogP contribution in [0, 0.1) is 17.2 Å². The Hall–Kier alpha value is -0.590. The van der Waals surface area contributed by atoms with E-state index in [1.54, 1.807) is 0 Å². The average molecular weight is 210 g/mol. The highest BCUT2D eigenvalue weighted by molar-refractivity contribution is 4.88. The summed E-state index contributed by atoms with van der Waals surface area (Å²) in [6, 6.07) is 2.31. The van der Waals surface area contributed by atoms with Gasteiger partial charge in [0.05, 0.1) is 18.1 Å². The third-order valence-electron chi connectivity index (χ3n) is 3.24. The van der Waals surface area contributed by atoms with Crippen molar-refractivity contribution in [3.63, 3.8) is 0 Å². The second kappa shape index (κ2) is 5.48. The van der Waals surface area contributed by atoms with E-state index >= 15 is 0 Å². The van der Waals surface area contributed by atoms with Crippen LogP contribution < -0.4 is 5.32 Å². The molecule has 0 spiro atoms. The van der Waals surface area contributed by atoms with Crippen LogP contribution in [0.1, 0.15) is 46.0 Å². The molecular weight excluding hydrogens is 188 g/mol. The summed E-state index contributed by atoms with van der Waals surface area (Å²) >= 11 is 0. The first kappa shape index (κ1) is 12.5. The molecule has 0 bridgehead atoms. The Morgan fingerprint density at radius 3 is 3.00 bits per heavy atom. The predicted octanol–water partition coefficient (Wildman–Crippen LogP) is 1.82. The monoisotopic (exact) mass is 210 g/mol. The van der Waals surface area contributed by atoms with E-state index in [9.17, 15) is 5.11 Å². The molecule has 3 unspecified atom stereocenters. The van der Waals surface area contributed by atoms with Crippen LogP contribution >= 0.6 is 0 Å². The van der Waals surface area contributed by atoms with E-state index in [2.05, 4.69) is 18.3 Å². The second-order valence-corrected chi connectivity index (χ2v) is 5.07. The van der Waals surface area contributed by atoms with Crippen LogP contribution in [0.2, 0.25) is 0 Å². The van der Waals surface area contributed by atoms with Crippen LogP contribution in [0.5, 0.6) is 0 Å². The Bertz CT molecular complexity index is 236. The molecule has 0 aromatic carbocycles. The number of aliphatic hydroxyl groups is 1. The largest absolute Gasteiger partial charge is 0.389 e. The summed E-state index contributed by atoms with van der Waals surface area (Å²) in [7, 11) is 0. The smallest absolute Gasteiger partial charge is 0.0774 e. The summed E-state index contributed by atoms with van der Waals surface area (Å²) in [5.74, 6) is 0.622. The van der Waals surface area contributed by atoms with Gasteiger partial charge in [0.15, 0.2) is 0 Å². The van der Waals surface area contributed by atoms with Crippen molar-refractivity contribution >= 4 is 0 Å². The maximum atomic E-state index is 10.3. The van der Waals surface area contributed by atoms with Crippen molar-refractivity contribution in [2.24, 2.45) is 5.92 Å². The third-order valence-corrected chi connectivity index (χ3v) is 3.24. The predicted molar refractivity (Wildman–Crippen MR) is 60.3 cm³/mol. The average Bonchev–Trinajstić information content (AvgIpc) is 2.15. The Kier molecular flexibility index (Phi) is 4.56. The van der Waals surface area contributed by atoms with Gasteiger partial charge in [0.25, 0.3) is 0 Å². The molecule has 0 radical (unpaired) electrons. The van der Waals surface area contributed by atoms with Gasteiger partial charge in [-0.3, -0.25) is 0 Å². The zero-order valence-corrected chi connectivity index (χ0v) is 9.79. The summed E-state index contributed by atoms with van der Waals surface area (Å²) in [6.45, 7) is 4.81. The van der Waals surface area contributed by atoms with E-state index in [1.165, 1.54) is 6.42 Å². The topological polar surface area (TPSA) is 56.0 Å². The van der Waals surface area contributed by atoms with Gasteiger partial charge < -0.3 is 10.4 Å². The molecule has 0 heterocycles. The van der Waals surface area contributed by atoms with Crippen LogP contribution in [0.3, 0.4) is 0 Å². The van der Waals surface area contributed by atoms with Crippen molar-refractivity contribution in [2.45, 2.75) is 57.6 Å². The molecule has 1 saturated carbocycles. The summed E-state index contributed by atoms with van der Waals surface area (Å²) < 4.78 is 0. The van der Waals surface area contributed by atoms with Gasteiger partial charge in [0.1, 0.15) is 0 Å². The standard InChI is InChI=1S/C12H22N2O/c1-10-4-3-6-12(15,8-10)9-14-11(2)5-7-13/h10-11,14-15H,3-6,8-9H2,1-2H3. The van der Waals surface area contributed by atoms with Crippen LogP contribution in [0.4, 0.5) is 0 Å². The number of nitriles is 1. The molecule has 1 aliphatic rings. The summed E-state index contributed by atoms with van der Waals surface area (Å²) in [5.41, 5.74) is -0.540. The fourth-order valence-electron chi connectivity index (χ4n) is 2.37. The number of hydrogen-bond donors (Lipinski definition) is 2. The van der Waals surface area contributed by atoms with E-state index in [4.69, 9.17) is 5.26 Å². The van der Waals surface area contributed by atoms with Gasteiger partial charge >= 0.3 is 0 Å². The molecule has 0 amide bonds. The van der Waals surface area contributed by atoms with Crippen LogP contribution in [0.15, 0.2) is 0 Å². The van der Waals surface area contributed by atoms with Gasteiger partial charge in [-0.2, -0.15) is 5.26 Å². The van der Waals surface area contributed by atoms with Crippen molar-refractivity contribution in [3.8, 4) is 6.07 Å². The van der Waals surface area contributed by atoms with E-state index in [-0.39, 0.29) is 6.04 Å². The first-order chi connectivity index (χ1) is 7.06. The molecule has 86 valence electrons. The molecule has 2 N–H and O–H groups in total. The quantitative estimate of drug-likeness (QED) is 0.744. The Morgan fingerprint density at radius 2 is 2.40 bits per heavy atom. The molecule has 1 rings (SSSR count). The first-order valence-electron chi connectivity index (χ1n) is 5.88. The molecule has 3 nitrogen and oxygen atoms in total. The van der Waals surface area contributed by atoms with Crippen LogP contribution in [0.25, 0.3) is 0 Å². The Morgan fingerprint density at radius 1 is 1.67 bits per heavy atom. The van der Waals surface area contributed by atoms with Crippen molar-refractivity contribution in [3.05, 3.63) is 0 Å². The van der Waals surface area contributed by atoms with E-state index in [1.807, 2.05) is 6.92 Å². The molecule has 0 aliphatic heterocycles. The van der Waals surface area contributed by atoms with Gasteiger partial charge in [-0.1, -0.05) is 19.8 Å². The summed E-state index contributed by atoms with van der Waals surface area (Å²) in [5, 5.41) is 22.1. The van der Waals surface area contributed by atoms with E-state index in [0.717, 1.165) is 19.3 Å². The minimum Gasteiger partial charge on any atom is -0.389 e. The zero-order valence-electron chi connectivity index (χ0n) is 9.79. The van der Waals surface area contributed by atoms with Gasteiger partial charge in [-0.05, 0) is 25.7 Å². The first-order valence-corrected chi connectivity index (χ1v) is 5.88. The number of hydrogen-bond acceptors (Lipinski definition) is 3. The highest BCUT2D eigenvalue weighted by atomic mass is 16.3. The maximum absolute atomic E-state index is 10.3. The van der Waals surface area contributed by atoms with Crippen molar-refractivity contribution in [1.82, 2.24) is 5.32 Å². The lowest BCUT2D eigenvalue weighted by Gasteiger charge is -2.36. The fraction of sp³-hybridized carbons (Fsp3) is 0.917. The number of rotatable bonds is 4.